The fourth-order valence-electron chi connectivity index (χ4n) is 4.30. The van der Waals surface area contributed by atoms with E-state index in [0.29, 0.717) is 12.5 Å². The van der Waals surface area contributed by atoms with Gasteiger partial charge in [0.25, 0.3) is 0 Å². The van der Waals surface area contributed by atoms with Crippen molar-refractivity contribution in [1.82, 2.24) is 0 Å². The minimum Gasteiger partial charge on any atom is -0.396 e. The molecule has 2 saturated carbocycles. The largest absolute Gasteiger partial charge is 0.396 e. The summed E-state index contributed by atoms with van der Waals surface area (Å²) < 4.78 is 0. The molecule has 2 aliphatic carbocycles. The van der Waals surface area contributed by atoms with E-state index >= 15 is 0 Å². The number of unbranched alkanes of at least 4 members (excludes halogenated alkanes) is 1. The summed E-state index contributed by atoms with van der Waals surface area (Å²) in [5, 5.41) is 9.21. The molecule has 21 heavy (non-hydrogen) atoms. The molecule has 0 unspecified atom stereocenters. The third-order valence-electron chi connectivity index (χ3n) is 5.96. The minimum atomic E-state index is 0.419. The molecule has 2 fully saturated rings. The zero-order valence-electron chi connectivity index (χ0n) is 14.1. The molecule has 2 aliphatic rings. The van der Waals surface area contributed by atoms with Gasteiger partial charge in [-0.15, -0.1) is 0 Å². The maximum absolute atomic E-state index is 9.21. The fraction of sp³-hybridized carbons (Fsp3) is 0.900. The Hall–Kier alpha value is -0.300. The van der Waals surface area contributed by atoms with Gasteiger partial charge in [0.1, 0.15) is 0 Å². The summed E-state index contributed by atoms with van der Waals surface area (Å²) in [4.78, 5) is 0. The Bertz CT molecular complexity index is 280. The van der Waals surface area contributed by atoms with E-state index in [1.54, 1.807) is 0 Å². The van der Waals surface area contributed by atoms with Crippen LogP contribution in [-0.4, -0.2) is 11.7 Å². The van der Waals surface area contributed by atoms with Gasteiger partial charge in [0.15, 0.2) is 0 Å². The van der Waals surface area contributed by atoms with Crippen molar-refractivity contribution >= 4 is 0 Å². The van der Waals surface area contributed by atoms with E-state index in [4.69, 9.17) is 0 Å². The molecule has 0 radical (unpaired) electrons. The van der Waals surface area contributed by atoms with E-state index < -0.39 is 0 Å². The van der Waals surface area contributed by atoms with Gasteiger partial charge < -0.3 is 5.11 Å². The molecule has 2 rings (SSSR count). The van der Waals surface area contributed by atoms with Gasteiger partial charge >= 0.3 is 0 Å². The highest BCUT2D eigenvalue weighted by Crippen LogP contribution is 2.36. The van der Waals surface area contributed by atoms with Crippen LogP contribution in [0.4, 0.5) is 0 Å². The van der Waals surface area contributed by atoms with Crippen LogP contribution < -0.4 is 0 Å². The van der Waals surface area contributed by atoms with Crippen LogP contribution in [0.5, 0.6) is 0 Å². The van der Waals surface area contributed by atoms with Gasteiger partial charge in [-0.25, -0.2) is 0 Å². The molecule has 0 aromatic carbocycles. The van der Waals surface area contributed by atoms with E-state index in [2.05, 4.69) is 19.1 Å². The molecule has 1 heteroatoms. The number of rotatable bonds is 7. The third-order valence-corrected chi connectivity index (χ3v) is 5.96. The summed E-state index contributed by atoms with van der Waals surface area (Å²) in [5.74, 6) is 3.48. The Morgan fingerprint density at radius 3 is 1.86 bits per heavy atom. The first-order valence-electron chi connectivity index (χ1n) is 9.59. The van der Waals surface area contributed by atoms with Crippen molar-refractivity contribution in [3.05, 3.63) is 12.2 Å². The van der Waals surface area contributed by atoms with Gasteiger partial charge in [0.05, 0.1) is 0 Å². The first-order valence-corrected chi connectivity index (χ1v) is 9.59. The van der Waals surface area contributed by atoms with Crippen molar-refractivity contribution in [2.24, 2.45) is 23.7 Å². The maximum Gasteiger partial charge on any atom is 0.0459 e. The molecule has 0 aromatic rings. The van der Waals surface area contributed by atoms with Crippen molar-refractivity contribution in [3.8, 4) is 0 Å². The van der Waals surface area contributed by atoms with Crippen LogP contribution in [-0.2, 0) is 0 Å². The van der Waals surface area contributed by atoms with Gasteiger partial charge in [-0.05, 0) is 68.6 Å². The quantitative estimate of drug-likeness (QED) is 0.594. The number of hydrogen-bond donors (Lipinski definition) is 1. The van der Waals surface area contributed by atoms with E-state index in [1.165, 1.54) is 77.0 Å². The van der Waals surface area contributed by atoms with Crippen molar-refractivity contribution in [1.29, 1.82) is 0 Å². The maximum atomic E-state index is 9.21. The summed E-state index contributed by atoms with van der Waals surface area (Å²) >= 11 is 0. The average Bonchev–Trinajstić information content (AvgIpc) is 2.55. The number of aliphatic hydroxyl groups is 1. The SMILES string of the molecule is CCCC=C[C@H]1CC[C@H](CC[C@H]2CC[C@H](CO)CC2)CC1. The lowest BCUT2D eigenvalue weighted by molar-refractivity contribution is 0.158. The molecule has 0 amide bonds. The van der Waals surface area contributed by atoms with Crippen LogP contribution in [0, 0.1) is 23.7 Å². The normalized spacial score (nSPS) is 34.4. The molecule has 1 N–H and O–H groups in total. The first-order chi connectivity index (χ1) is 10.3. The summed E-state index contributed by atoms with van der Waals surface area (Å²) in [6.07, 6.45) is 21.5. The molecular formula is C20H36O. The minimum absolute atomic E-state index is 0.419. The van der Waals surface area contributed by atoms with Crippen LogP contribution in [0.15, 0.2) is 12.2 Å². The Balaban J connectivity index is 1.57. The zero-order valence-corrected chi connectivity index (χ0v) is 14.1. The standard InChI is InChI=1S/C20H36O/c1-2-3-4-5-17-6-8-18(9-7-17)10-11-19-12-14-20(16-21)15-13-19/h4-5,17-21H,2-3,6-16H2,1H3/t17-,18-,19-,20-. The Morgan fingerprint density at radius 1 is 0.810 bits per heavy atom. The van der Waals surface area contributed by atoms with Gasteiger partial charge in [-0.3, -0.25) is 0 Å². The summed E-state index contributed by atoms with van der Waals surface area (Å²) in [7, 11) is 0. The second kappa shape index (κ2) is 9.66. The summed E-state index contributed by atoms with van der Waals surface area (Å²) in [6, 6.07) is 0. The Kier molecular flexibility index (Phi) is 7.85. The molecular weight excluding hydrogens is 256 g/mol. The second-order valence-electron chi connectivity index (χ2n) is 7.64. The average molecular weight is 293 g/mol. The van der Waals surface area contributed by atoms with E-state index in [-0.39, 0.29) is 0 Å². The van der Waals surface area contributed by atoms with E-state index in [9.17, 15) is 5.11 Å². The first kappa shape index (κ1) is 17.1. The van der Waals surface area contributed by atoms with Crippen LogP contribution in [0.2, 0.25) is 0 Å². The molecule has 0 bridgehead atoms. The lowest BCUT2D eigenvalue weighted by Gasteiger charge is -2.31. The monoisotopic (exact) mass is 292 g/mol. The fourth-order valence-corrected chi connectivity index (χ4v) is 4.30. The molecule has 0 aromatic heterocycles. The predicted octanol–water partition coefficient (Wildman–Crippen LogP) is 5.73. The second-order valence-corrected chi connectivity index (χ2v) is 7.64. The number of allylic oxidation sites excluding steroid dienone is 2. The van der Waals surface area contributed by atoms with E-state index in [0.717, 1.165) is 17.8 Å². The van der Waals surface area contributed by atoms with Gasteiger partial charge in [-0.2, -0.15) is 0 Å². The number of aliphatic hydroxyl groups excluding tert-OH is 1. The predicted molar refractivity (Wildman–Crippen MR) is 91.3 cm³/mol. The van der Waals surface area contributed by atoms with Crippen molar-refractivity contribution in [3.63, 3.8) is 0 Å². The highest BCUT2D eigenvalue weighted by atomic mass is 16.3. The summed E-state index contributed by atoms with van der Waals surface area (Å²) in [6.45, 7) is 2.68. The van der Waals surface area contributed by atoms with Crippen LogP contribution >= 0.6 is 0 Å². The molecule has 0 atom stereocenters. The van der Waals surface area contributed by atoms with E-state index in [1.807, 2.05) is 0 Å². The molecule has 122 valence electrons. The van der Waals surface area contributed by atoms with Crippen molar-refractivity contribution in [2.45, 2.75) is 84.0 Å². The van der Waals surface area contributed by atoms with Crippen LogP contribution in [0.3, 0.4) is 0 Å². The Labute approximate surface area is 132 Å². The summed E-state index contributed by atoms with van der Waals surface area (Å²) in [5.41, 5.74) is 0. The van der Waals surface area contributed by atoms with Crippen molar-refractivity contribution < 1.29 is 5.11 Å². The van der Waals surface area contributed by atoms with Gasteiger partial charge in [0.2, 0.25) is 0 Å². The van der Waals surface area contributed by atoms with Crippen molar-refractivity contribution in [2.75, 3.05) is 6.61 Å². The Morgan fingerprint density at radius 2 is 1.33 bits per heavy atom. The van der Waals surface area contributed by atoms with Crippen LogP contribution in [0.1, 0.15) is 84.0 Å². The van der Waals surface area contributed by atoms with Gasteiger partial charge in [-0.1, -0.05) is 51.2 Å². The number of hydrogen-bond acceptors (Lipinski definition) is 1. The molecule has 1 nitrogen and oxygen atoms in total. The smallest absolute Gasteiger partial charge is 0.0459 e. The third kappa shape index (κ3) is 6.14. The molecule has 0 spiro atoms. The highest BCUT2D eigenvalue weighted by Gasteiger charge is 2.23. The topological polar surface area (TPSA) is 20.2 Å². The van der Waals surface area contributed by atoms with Gasteiger partial charge in [0, 0.05) is 6.61 Å². The lowest BCUT2D eigenvalue weighted by Crippen LogP contribution is -2.19. The molecule has 0 saturated heterocycles. The highest BCUT2D eigenvalue weighted by molar-refractivity contribution is 4.91. The molecule has 0 heterocycles. The van der Waals surface area contributed by atoms with Crippen LogP contribution in [0.25, 0.3) is 0 Å². The molecule has 0 aliphatic heterocycles. The lowest BCUT2D eigenvalue weighted by atomic mass is 9.75. The zero-order chi connectivity index (χ0) is 14.9.